The number of aryl methyl sites for hydroxylation is 2. The van der Waals surface area contributed by atoms with Crippen molar-refractivity contribution in [1.29, 1.82) is 0 Å². The number of likely N-dealkylation sites (tertiary alicyclic amines) is 1. The van der Waals surface area contributed by atoms with Crippen LogP contribution in [0.3, 0.4) is 0 Å². The molecule has 0 saturated carbocycles. The van der Waals surface area contributed by atoms with Gasteiger partial charge in [-0.1, -0.05) is 46.4 Å². The molecule has 6 bridgehead atoms. The van der Waals surface area contributed by atoms with E-state index in [1.165, 1.54) is 16.0 Å². The Morgan fingerprint density at radius 3 is 2.59 bits per heavy atom. The molecule has 14 nitrogen and oxygen atoms in total. The summed E-state index contributed by atoms with van der Waals surface area (Å²) in [6, 6.07) is 11.5. The molecule has 0 aliphatic carbocycles. The highest BCUT2D eigenvalue weighted by Gasteiger charge is 2.39. The van der Waals surface area contributed by atoms with Gasteiger partial charge < -0.3 is 24.2 Å². The van der Waals surface area contributed by atoms with E-state index in [1.54, 1.807) is 30.3 Å². The van der Waals surface area contributed by atoms with Gasteiger partial charge in [-0.3, -0.25) is 34.0 Å². The first-order valence-corrected chi connectivity index (χ1v) is 21.9. The maximum atomic E-state index is 14.6. The minimum atomic E-state index is -1.02. The summed E-state index contributed by atoms with van der Waals surface area (Å²) in [5.41, 5.74) is 9.77. The van der Waals surface area contributed by atoms with Crippen LogP contribution < -0.4 is 5.43 Å². The molecule has 4 aromatic rings. The van der Waals surface area contributed by atoms with Crippen LogP contribution in [0.4, 0.5) is 0 Å². The van der Waals surface area contributed by atoms with E-state index in [-0.39, 0.29) is 55.3 Å². The zero-order valence-electron chi connectivity index (χ0n) is 37.4. The largest absolute Gasteiger partial charge is 0.508 e. The number of hydrogen-bond acceptors (Lipinski definition) is 9. The highest BCUT2D eigenvalue weighted by molar-refractivity contribution is 6.40. The predicted octanol–water partition coefficient (Wildman–Crippen LogP) is 6.05. The Balaban J connectivity index is 1.33. The lowest BCUT2D eigenvalue weighted by Crippen LogP contribution is -2.57. The third kappa shape index (κ3) is 9.32. The van der Waals surface area contributed by atoms with Crippen LogP contribution in [0.2, 0.25) is 0 Å². The highest BCUT2D eigenvalue weighted by atomic mass is 16.5. The van der Waals surface area contributed by atoms with Gasteiger partial charge in [0, 0.05) is 73.9 Å². The van der Waals surface area contributed by atoms with E-state index in [1.807, 2.05) is 38.2 Å². The van der Waals surface area contributed by atoms with Crippen LogP contribution in [0.25, 0.3) is 33.3 Å². The fourth-order valence-corrected chi connectivity index (χ4v) is 9.40. The quantitative estimate of drug-likeness (QED) is 0.166. The number of phenolic OH excluding ortho intramolecular Hbond substituents is 1. The van der Waals surface area contributed by atoms with E-state index in [2.05, 4.69) is 66.4 Å². The number of aliphatic imine (C=N–C) groups is 1. The molecular formula is C49H59N7O7. The second-order valence-electron chi connectivity index (χ2n) is 18.3. The minimum absolute atomic E-state index is 0.0286. The number of rotatable bonds is 7. The summed E-state index contributed by atoms with van der Waals surface area (Å²) < 4.78 is 8.35. The van der Waals surface area contributed by atoms with E-state index >= 15 is 0 Å². The Hall–Kier alpha value is -6.15. The van der Waals surface area contributed by atoms with Crippen LogP contribution in [0.1, 0.15) is 70.6 Å². The Morgan fingerprint density at radius 1 is 1.10 bits per heavy atom. The fourth-order valence-electron chi connectivity index (χ4n) is 9.40. The lowest BCUT2D eigenvalue weighted by molar-refractivity contribution is -0.153. The number of carbonyl (C=O) groups is 5. The van der Waals surface area contributed by atoms with Crippen molar-refractivity contribution in [3.63, 3.8) is 0 Å². The number of nitrogens with zero attached hydrogens (tertiary/aromatic N) is 6. The van der Waals surface area contributed by atoms with E-state index in [0.717, 1.165) is 38.9 Å². The summed E-state index contributed by atoms with van der Waals surface area (Å²) in [7, 11) is 1.55. The number of cyclic esters (lactones) is 1. The molecule has 0 unspecified atom stereocenters. The molecule has 63 heavy (non-hydrogen) atoms. The number of hydrazine groups is 1. The third-order valence-electron chi connectivity index (χ3n) is 12.6. The highest BCUT2D eigenvalue weighted by Crippen LogP contribution is 2.41. The smallest absolute Gasteiger partial charge is 0.324 e. The topological polar surface area (TPSA) is 167 Å². The van der Waals surface area contributed by atoms with E-state index in [4.69, 9.17) is 4.74 Å². The lowest BCUT2D eigenvalue weighted by atomic mass is 9.84. The number of fused-ring (bicyclic) bond motifs is 6. The summed E-state index contributed by atoms with van der Waals surface area (Å²) in [5.74, 6) is -3.26. The van der Waals surface area contributed by atoms with Crippen molar-refractivity contribution in [2.45, 2.75) is 92.3 Å². The first-order valence-electron chi connectivity index (χ1n) is 21.9. The molecule has 2 aromatic heterocycles. The molecule has 14 heteroatoms. The number of hydrogen-bond donors (Lipinski definition) is 2. The van der Waals surface area contributed by atoms with E-state index in [9.17, 15) is 29.1 Å². The summed E-state index contributed by atoms with van der Waals surface area (Å²) in [6.07, 6.45) is 6.71. The summed E-state index contributed by atoms with van der Waals surface area (Å²) in [4.78, 5) is 80.9. The number of pyridine rings is 1. The zero-order valence-corrected chi connectivity index (χ0v) is 37.4. The third-order valence-corrected chi connectivity index (χ3v) is 12.6. The van der Waals surface area contributed by atoms with Crippen LogP contribution in [-0.4, -0.2) is 110 Å². The SMILES string of the molecule is C=CC(=O)N1CC[C@H](C(=O)N(C)[C@H](C(=O)N=C2Cc3cc(O)cc(c3)-c3ccc4c(c3)c(c(-c3cnccc3C)n4CC)CC(C)(C)COC(=O)[C@@H]3CCCN(N3)C2=O)C(C)C)C1. The number of ether oxygens (including phenoxy) is 1. The number of amides is 4. The molecule has 2 fully saturated rings. The van der Waals surface area contributed by atoms with Crippen molar-refractivity contribution in [1.82, 2.24) is 29.8 Å². The number of likely N-dealkylation sites (N-methyl/N-ethyl adjacent to an activating group) is 1. The molecule has 332 valence electrons. The molecule has 3 aliphatic rings. The molecule has 2 saturated heterocycles. The van der Waals surface area contributed by atoms with Crippen LogP contribution >= 0.6 is 0 Å². The first kappa shape index (κ1) is 44.9. The molecular weight excluding hydrogens is 799 g/mol. The number of phenols is 1. The number of aromatic nitrogens is 2. The normalized spacial score (nSPS) is 20.4. The van der Waals surface area contributed by atoms with Gasteiger partial charge in [-0.05, 0) is 110 Å². The number of benzene rings is 2. The van der Waals surface area contributed by atoms with Gasteiger partial charge >= 0.3 is 5.97 Å². The van der Waals surface area contributed by atoms with Gasteiger partial charge in [0.15, 0.2) is 0 Å². The van der Waals surface area contributed by atoms with Crippen molar-refractivity contribution in [3.05, 3.63) is 84.2 Å². The molecule has 2 aromatic carbocycles. The number of esters is 1. The van der Waals surface area contributed by atoms with E-state index < -0.39 is 41.2 Å². The Morgan fingerprint density at radius 2 is 1.87 bits per heavy atom. The second kappa shape index (κ2) is 18.3. The molecule has 4 amide bonds. The summed E-state index contributed by atoms with van der Waals surface area (Å²) >= 11 is 0. The summed E-state index contributed by atoms with van der Waals surface area (Å²) in [6.45, 7) is 17.2. The lowest BCUT2D eigenvalue weighted by Gasteiger charge is -2.34. The standard InChI is InChI=1S/C49H59N7O7/c1-9-42(58)54-19-16-33(27-54)46(60)53(8)43(29(3)4)45(59)51-40-22-31-20-34(23-35(57)21-31)32-13-14-41-36(24-32)37(44(55(41)10-2)38-26-50-17-15-30(38)5)25-49(6,7)28-63-48(62)39-12-11-18-56(52-39)47(40)61/h9,13-15,17,20-21,23-24,26,29,33,39,43,52,57H,1,10-12,16,18-19,22,25,27-28H2,2-8H3/t33-,39-,43-/m0/s1. The van der Waals surface area contributed by atoms with Gasteiger partial charge in [0.05, 0.1) is 18.2 Å². The van der Waals surface area contributed by atoms with Crippen molar-refractivity contribution in [2.24, 2.45) is 22.2 Å². The monoisotopic (exact) mass is 857 g/mol. The minimum Gasteiger partial charge on any atom is -0.508 e. The van der Waals surface area contributed by atoms with Crippen molar-refractivity contribution < 1.29 is 33.8 Å². The van der Waals surface area contributed by atoms with Crippen LogP contribution in [0.5, 0.6) is 5.75 Å². The number of aromatic hydroxyl groups is 1. The van der Waals surface area contributed by atoms with E-state index in [0.29, 0.717) is 49.9 Å². The molecule has 5 heterocycles. The Bertz CT molecular complexity index is 2500. The molecule has 3 atom stereocenters. The van der Waals surface area contributed by atoms with Crippen molar-refractivity contribution >= 4 is 46.2 Å². The van der Waals surface area contributed by atoms with Crippen molar-refractivity contribution in [2.75, 3.05) is 33.3 Å². The van der Waals surface area contributed by atoms with Gasteiger partial charge in [-0.25, -0.2) is 10.4 Å². The first-order chi connectivity index (χ1) is 30.0. The second-order valence-corrected chi connectivity index (χ2v) is 18.3. The Kier molecular flexibility index (Phi) is 13.0. The molecule has 2 N–H and O–H groups in total. The maximum absolute atomic E-state index is 14.6. The maximum Gasteiger partial charge on any atom is 0.324 e. The molecule has 7 rings (SSSR count). The van der Waals surface area contributed by atoms with Crippen LogP contribution in [0.15, 0.2) is 72.5 Å². The average Bonchev–Trinajstić information content (AvgIpc) is 3.87. The van der Waals surface area contributed by atoms with Gasteiger partial charge in [-0.15, -0.1) is 0 Å². The average molecular weight is 858 g/mol. The number of nitrogens with one attached hydrogen (secondary N) is 1. The molecule has 0 spiro atoms. The number of carbonyl (C=O) groups excluding carboxylic acids is 5. The van der Waals surface area contributed by atoms with Crippen molar-refractivity contribution in [3.8, 4) is 28.1 Å². The zero-order chi connectivity index (χ0) is 45.3. The van der Waals surface area contributed by atoms with Crippen LogP contribution in [-0.2, 0) is 48.1 Å². The Labute approximate surface area is 369 Å². The summed E-state index contributed by atoms with van der Waals surface area (Å²) in [5, 5.41) is 13.6. The van der Waals surface area contributed by atoms with Gasteiger partial charge in [-0.2, -0.15) is 0 Å². The fraction of sp³-hybridized carbons (Fsp3) is 0.449. The predicted molar refractivity (Wildman–Crippen MR) is 241 cm³/mol. The van der Waals surface area contributed by atoms with Gasteiger partial charge in [0.1, 0.15) is 23.5 Å². The molecule has 0 radical (unpaired) electrons. The van der Waals surface area contributed by atoms with Crippen LogP contribution in [0, 0.1) is 24.2 Å². The van der Waals surface area contributed by atoms with Gasteiger partial charge in [0.2, 0.25) is 11.8 Å². The van der Waals surface area contributed by atoms with Gasteiger partial charge in [0.25, 0.3) is 11.8 Å². The molecule has 3 aliphatic heterocycles.